The third kappa shape index (κ3) is 5.12. The van der Waals surface area contributed by atoms with Crippen molar-refractivity contribution in [3.05, 3.63) is 65.1 Å². The predicted octanol–water partition coefficient (Wildman–Crippen LogP) is 3.27. The zero-order valence-corrected chi connectivity index (χ0v) is 14.9. The number of benzene rings is 1. The van der Waals surface area contributed by atoms with Gasteiger partial charge in [-0.15, -0.1) is 10.2 Å². The molecule has 132 valence electrons. The summed E-state index contributed by atoms with van der Waals surface area (Å²) in [5, 5.41) is 20.1. The Morgan fingerprint density at radius 1 is 1.16 bits per heavy atom. The van der Waals surface area contributed by atoms with E-state index in [9.17, 15) is 5.11 Å². The summed E-state index contributed by atoms with van der Waals surface area (Å²) in [6.07, 6.45) is 0.872. The third-order valence-electron chi connectivity index (χ3n) is 3.63. The quantitative estimate of drug-likeness (QED) is 0.632. The fourth-order valence-electron chi connectivity index (χ4n) is 2.52. The summed E-state index contributed by atoms with van der Waals surface area (Å²) in [5.74, 6) is 0.560. The summed E-state index contributed by atoms with van der Waals surface area (Å²) in [6.45, 7) is 4.20. The highest BCUT2D eigenvalue weighted by Gasteiger charge is 2.18. The minimum absolute atomic E-state index is 0.436. The largest absolute Gasteiger partial charge is 0.469 e. The van der Waals surface area contributed by atoms with E-state index in [1.165, 1.54) is 16.9 Å². The first kappa shape index (κ1) is 17.6. The Bertz CT molecular complexity index is 746. The summed E-state index contributed by atoms with van der Waals surface area (Å²) in [4.78, 5) is 2.12. The van der Waals surface area contributed by atoms with Crippen molar-refractivity contribution in [2.75, 3.05) is 13.2 Å². The second-order valence-electron chi connectivity index (χ2n) is 5.58. The van der Waals surface area contributed by atoms with Crippen LogP contribution in [-0.4, -0.2) is 33.4 Å². The van der Waals surface area contributed by atoms with Crippen molar-refractivity contribution in [2.24, 2.45) is 0 Å². The van der Waals surface area contributed by atoms with Gasteiger partial charge in [-0.3, -0.25) is 4.90 Å². The molecule has 2 aromatic heterocycles. The predicted molar refractivity (Wildman–Crippen MR) is 95.3 cm³/mol. The highest BCUT2D eigenvalue weighted by molar-refractivity contribution is 7.13. The number of aliphatic hydroxyl groups excluding tert-OH is 1. The molecule has 0 saturated heterocycles. The van der Waals surface area contributed by atoms with Gasteiger partial charge in [0.25, 0.3) is 5.19 Å². The van der Waals surface area contributed by atoms with Crippen molar-refractivity contribution in [1.82, 2.24) is 15.1 Å². The van der Waals surface area contributed by atoms with Gasteiger partial charge in [0.1, 0.15) is 16.9 Å². The SMILES string of the molecule is CCOc1nnc(CN(Cc2ccccc2)C[C@H](O)c2ccco2)s1. The zero-order valence-electron chi connectivity index (χ0n) is 14.0. The number of rotatable bonds is 9. The van der Waals surface area contributed by atoms with Crippen molar-refractivity contribution < 1.29 is 14.3 Å². The van der Waals surface area contributed by atoms with Crippen LogP contribution < -0.4 is 4.74 Å². The standard InChI is InChI=1S/C18H21N3O3S/c1-2-23-18-20-19-17(25-18)13-21(11-14-7-4-3-5-8-14)12-15(22)16-9-6-10-24-16/h3-10,15,22H,2,11-13H2,1H3/t15-/m0/s1. The van der Waals surface area contributed by atoms with Gasteiger partial charge in [0.2, 0.25) is 0 Å². The van der Waals surface area contributed by atoms with Gasteiger partial charge in [-0.25, -0.2) is 0 Å². The van der Waals surface area contributed by atoms with E-state index in [-0.39, 0.29) is 0 Å². The molecule has 0 aliphatic carbocycles. The Labute approximate surface area is 150 Å². The summed E-state index contributed by atoms with van der Waals surface area (Å²) in [7, 11) is 0. The Morgan fingerprint density at radius 2 is 2.00 bits per heavy atom. The van der Waals surface area contributed by atoms with Gasteiger partial charge in [-0.05, 0) is 24.6 Å². The van der Waals surface area contributed by atoms with Crippen molar-refractivity contribution in [2.45, 2.75) is 26.1 Å². The van der Waals surface area contributed by atoms with Gasteiger partial charge >= 0.3 is 0 Å². The Hall–Kier alpha value is -2.22. The molecule has 0 fully saturated rings. The molecule has 7 heteroatoms. The molecule has 0 amide bonds. The van der Waals surface area contributed by atoms with Gasteiger partial charge < -0.3 is 14.3 Å². The molecule has 0 spiro atoms. The summed E-state index contributed by atoms with van der Waals surface area (Å²) in [6, 6.07) is 13.7. The van der Waals surface area contributed by atoms with E-state index in [1.54, 1.807) is 18.4 Å². The average Bonchev–Trinajstić information content (AvgIpc) is 3.28. The zero-order chi connectivity index (χ0) is 17.5. The van der Waals surface area contributed by atoms with Crippen LogP contribution in [0.2, 0.25) is 0 Å². The number of ether oxygens (including phenoxy) is 1. The van der Waals surface area contributed by atoms with Gasteiger partial charge in [0, 0.05) is 13.1 Å². The summed E-state index contributed by atoms with van der Waals surface area (Å²) in [5.41, 5.74) is 1.17. The highest BCUT2D eigenvalue weighted by atomic mass is 32.1. The minimum Gasteiger partial charge on any atom is -0.469 e. The monoisotopic (exact) mass is 359 g/mol. The van der Waals surface area contributed by atoms with Crippen LogP contribution in [0.25, 0.3) is 0 Å². The van der Waals surface area contributed by atoms with Crippen molar-refractivity contribution in [3.8, 4) is 5.19 Å². The lowest BCUT2D eigenvalue weighted by molar-refractivity contribution is 0.0871. The van der Waals surface area contributed by atoms with Crippen LogP contribution in [0.3, 0.4) is 0 Å². The molecule has 3 aromatic rings. The second kappa shape index (κ2) is 8.75. The van der Waals surface area contributed by atoms with Crippen LogP contribution in [0, 0.1) is 0 Å². The topological polar surface area (TPSA) is 71.6 Å². The van der Waals surface area contributed by atoms with Gasteiger partial charge in [0.05, 0.1) is 19.4 Å². The maximum absolute atomic E-state index is 10.4. The van der Waals surface area contributed by atoms with Crippen LogP contribution >= 0.6 is 11.3 Å². The first-order valence-electron chi connectivity index (χ1n) is 8.17. The molecule has 0 aliphatic rings. The second-order valence-corrected chi connectivity index (χ2v) is 6.61. The molecule has 0 saturated carbocycles. The Kier molecular flexibility index (Phi) is 6.16. The number of hydrogen-bond donors (Lipinski definition) is 1. The van der Waals surface area contributed by atoms with E-state index in [1.807, 2.05) is 25.1 Å². The Balaban J connectivity index is 1.70. The summed E-state index contributed by atoms with van der Waals surface area (Å²) < 4.78 is 10.7. The molecule has 2 heterocycles. The third-order valence-corrected chi connectivity index (χ3v) is 4.45. The maximum Gasteiger partial charge on any atom is 0.294 e. The molecule has 3 rings (SSSR count). The van der Waals surface area contributed by atoms with E-state index in [0.717, 1.165) is 5.01 Å². The lowest BCUT2D eigenvalue weighted by atomic mass is 10.2. The number of furan rings is 1. The van der Waals surface area contributed by atoms with Crippen molar-refractivity contribution >= 4 is 11.3 Å². The number of aromatic nitrogens is 2. The van der Waals surface area contributed by atoms with E-state index >= 15 is 0 Å². The normalized spacial score (nSPS) is 12.4. The molecule has 0 radical (unpaired) electrons. The molecule has 1 aromatic carbocycles. The van der Waals surface area contributed by atoms with E-state index < -0.39 is 6.10 Å². The smallest absolute Gasteiger partial charge is 0.294 e. The number of nitrogens with zero attached hydrogens (tertiary/aromatic N) is 3. The van der Waals surface area contributed by atoms with Gasteiger partial charge in [0.15, 0.2) is 0 Å². The highest BCUT2D eigenvalue weighted by Crippen LogP contribution is 2.22. The number of hydrogen-bond acceptors (Lipinski definition) is 7. The molecular formula is C18H21N3O3S. The first-order chi connectivity index (χ1) is 12.2. The van der Waals surface area contributed by atoms with Crippen LogP contribution in [0.1, 0.15) is 29.4 Å². The lowest BCUT2D eigenvalue weighted by Crippen LogP contribution is -2.28. The van der Waals surface area contributed by atoms with Crippen molar-refractivity contribution in [3.63, 3.8) is 0 Å². The maximum atomic E-state index is 10.4. The average molecular weight is 359 g/mol. The molecule has 0 bridgehead atoms. The van der Waals surface area contributed by atoms with Gasteiger partial charge in [-0.1, -0.05) is 41.7 Å². The van der Waals surface area contributed by atoms with E-state index in [2.05, 4.69) is 27.2 Å². The Morgan fingerprint density at radius 3 is 2.72 bits per heavy atom. The molecule has 25 heavy (non-hydrogen) atoms. The molecule has 6 nitrogen and oxygen atoms in total. The van der Waals surface area contributed by atoms with Crippen LogP contribution in [0.4, 0.5) is 0 Å². The molecule has 0 aliphatic heterocycles. The van der Waals surface area contributed by atoms with Gasteiger partial charge in [-0.2, -0.15) is 0 Å². The number of aliphatic hydroxyl groups is 1. The minimum atomic E-state index is -0.696. The van der Waals surface area contributed by atoms with E-state index in [0.29, 0.717) is 37.2 Å². The first-order valence-corrected chi connectivity index (χ1v) is 8.99. The molecular weight excluding hydrogens is 338 g/mol. The van der Waals surface area contributed by atoms with Crippen molar-refractivity contribution in [1.29, 1.82) is 0 Å². The lowest BCUT2D eigenvalue weighted by Gasteiger charge is -2.23. The molecule has 0 unspecified atom stereocenters. The van der Waals surface area contributed by atoms with Crippen LogP contribution in [-0.2, 0) is 13.1 Å². The van der Waals surface area contributed by atoms with Crippen LogP contribution in [0.5, 0.6) is 5.19 Å². The van der Waals surface area contributed by atoms with E-state index in [4.69, 9.17) is 9.15 Å². The molecule has 1 atom stereocenters. The fourth-order valence-corrected chi connectivity index (χ4v) is 3.31. The fraction of sp³-hybridized carbons (Fsp3) is 0.333. The molecule has 1 N–H and O–H groups in total. The summed E-state index contributed by atoms with van der Waals surface area (Å²) >= 11 is 1.43. The van der Waals surface area contributed by atoms with Crippen LogP contribution in [0.15, 0.2) is 53.1 Å².